The van der Waals surface area contributed by atoms with Crippen LogP contribution in [0, 0.1) is 6.92 Å². The molecule has 1 aliphatic carbocycles. The molecule has 1 aliphatic rings. The van der Waals surface area contributed by atoms with E-state index in [9.17, 15) is 13.2 Å². The molecule has 2 rings (SSSR count). The number of Topliss-reactive ketones (excluding diaryl/α,β-unsaturated/α-hetero) is 1. The molecule has 1 fully saturated rings. The summed E-state index contributed by atoms with van der Waals surface area (Å²) in [6.45, 7) is 1.83. The van der Waals surface area contributed by atoms with E-state index < -0.39 is 10.0 Å². The molecule has 17 heavy (non-hydrogen) atoms. The largest absolute Gasteiger partial charge is 0.300 e. The van der Waals surface area contributed by atoms with Crippen LogP contribution < -0.4 is 4.72 Å². The van der Waals surface area contributed by atoms with Gasteiger partial charge in [0.1, 0.15) is 5.78 Å². The third kappa shape index (κ3) is 2.75. The van der Waals surface area contributed by atoms with E-state index in [0.717, 1.165) is 10.0 Å². The van der Waals surface area contributed by atoms with Crippen LogP contribution in [0.3, 0.4) is 0 Å². The maximum atomic E-state index is 12.0. The van der Waals surface area contributed by atoms with Crippen molar-refractivity contribution in [2.75, 3.05) is 0 Å². The summed E-state index contributed by atoms with van der Waals surface area (Å²) >= 11 is 3.32. The molecule has 6 heteroatoms. The second kappa shape index (κ2) is 4.51. The molecule has 0 heterocycles. The number of hydrogen-bond acceptors (Lipinski definition) is 3. The van der Waals surface area contributed by atoms with Crippen LogP contribution in [0.25, 0.3) is 0 Å². The SMILES string of the molecule is Cc1cc(S(=O)(=O)NC2CC(=O)C2)ccc1Br. The van der Waals surface area contributed by atoms with Crippen LogP contribution in [-0.2, 0) is 14.8 Å². The predicted molar refractivity (Wildman–Crippen MR) is 67.2 cm³/mol. The molecule has 0 radical (unpaired) electrons. The normalized spacial score (nSPS) is 16.9. The van der Waals surface area contributed by atoms with Gasteiger partial charge in [0.15, 0.2) is 0 Å². The van der Waals surface area contributed by atoms with E-state index in [2.05, 4.69) is 20.7 Å². The molecule has 0 atom stereocenters. The Balaban J connectivity index is 2.19. The van der Waals surface area contributed by atoms with Crippen molar-refractivity contribution in [3.63, 3.8) is 0 Å². The maximum Gasteiger partial charge on any atom is 0.240 e. The Bertz CT molecular complexity index is 560. The van der Waals surface area contributed by atoms with Gasteiger partial charge in [0.25, 0.3) is 0 Å². The Morgan fingerprint density at radius 3 is 2.53 bits per heavy atom. The molecule has 1 aromatic carbocycles. The van der Waals surface area contributed by atoms with Crippen molar-refractivity contribution in [2.45, 2.75) is 30.7 Å². The summed E-state index contributed by atoms with van der Waals surface area (Å²) in [5.41, 5.74) is 0.859. The summed E-state index contributed by atoms with van der Waals surface area (Å²) in [5, 5.41) is 0. The van der Waals surface area contributed by atoms with Gasteiger partial charge in [-0.3, -0.25) is 4.79 Å². The standard InChI is InChI=1S/C11H12BrNO3S/c1-7-4-10(2-3-11(7)12)17(15,16)13-8-5-9(14)6-8/h2-4,8,13H,5-6H2,1H3. The predicted octanol–water partition coefficient (Wildman–Crippen LogP) is 1.77. The van der Waals surface area contributed by atoms with Gasteiger partial charge in [-0.1, -0.05) is 15.9 Å². The molecular weight excluding hydrogens is 306 g/mol. The van der Waals surface area contributed by atoms with E-state index in [1.807, 2.05) is 6.92 Å². The highest BCUT2D eigenvalue weighted by molar-refractivity contribution is 9.10. The second-order valence-corrected chi connectivity index (χ2v) is 6.74. The van der Waals surface area contributed by atoms with Crippen LogP contribution in [0.4, 0.5) is 0 Å². The van der Waals surface area contributed by atoms with Crippen molar-refractivity contribution < 1.29 is 13.2 Å². The minimum atomic E-state index is -3.51. The molecule has 0 unspecified atom stereocenters. The van der Waals surface area contributed by atoms with Crippen LogP contribution in [0.15, 0.2) is 27.6 Å². The zero-order valence-corrected chi connectivity index (χ0v) is 11.6. The Hall–Kier alpha value is -0.720. The topological polar surface area (TPSA) is 63.2 Å². The highest BCUT2D eigenvalue weighted by atomic mass is 79.9. The fourth-order valence-electron chi connectivity index (χ4n) is 1.64. The summed E-state index contributed by atoms with van der Waals surface area (Å²) in [7, 11) is -3.51. The van der Waals surface area contributed by atoms with Gasteiger partial charge < -0.3 is 0 Å². The third-order valence-corrected chi connectivity index (χ3v) is 5.12. The molecule has 1 saturated carbocycles. The lowest BCUT2D eigenvalue weighted by atomic mass is 9.93. The van der Waals surface area contributed by atoms with Gasteiger partial charge in [-0.15, -0.1) is 0 Å². The lowest BCUT2D eigenvalue weighted by Crippen LogP contribution is -2.44. The minimum Gasteiger partial charge on any atom is -0.300 e. The van der Waals surface area contributed by atoms with Crippen molar-refractivity contribution in [1.29, 1.82) is 0 Å². The van der Waals surface area contributed by atoms with E-state index >= 15 is 0 Å². The van der Waals surface area contributed by atoms with Gasteiger partial charge in [0.2, 0.25) is 10.0 Å². The quantitative estimate of drug-likeness (QED) is 0.924. The molecule has 0 spiro atoms. The van der Waals surface area contributed by atoms with E-state index in [4.69, 9.17) is 0 Å². The second-order valence-electron chi connectivity index (χ2n) is 4.18. The van der Waals surface area contributed by atoms with Crippen LogP contribution in [0.5, 0.6) is 0 Å². The Morgan fingerprint density at radius 1 is 1.35 bits per heavy atom. The van der Waals surface area contributed by atoms with Gasteiger partial charge in [-0.25, -0.2) is 13.1 Å². The first-order chi connectivity index (χ1) is 7.88. The molecular formula is C11H12BrNO3S. The highest BCUT2D eigenvalue weighted by Crippen LogP contribution is 2.22. The number of carbonyl (C=O) groups excluding carboxylic acids is 1. The van der Waals surface area contributed by atoms with Gasteiger partial charge in [-0.2, -0.15) is 0 Å². The van der Waals surface area contributed by atoms with Gasteiger partial charge in [0.05, 0.1) is 4.90 Å². The van der Waals surface area contributed by atoms with Crippen molar-refractivity contribution in [2.24, 2.45) is 0 Å². The van der Waals surface area contributed by atoms with Gasteiger partial charge in [0, 0.05) is 23.4 Å². The van der Waals surface area contributed by atoms with Crippen molar-refractivity contribution in [3.05, 3.63) is 28.2 Å². The number of aryl methyl sites for hydroxylation is 1. The monoisotopic (exact) mass is 317 g/mol. The molecule has 1 aromatic rings. The molecule has 0 aromatic heterocycles. The molecule has 92 valence electrons. The lowest BCUT2D eigenvalue weighted by Gasteiger charge is -2.24. The third-order valence-electron chi connectivity index (χ3n) is 2.71. The van der Waals surface area contributed by atoms with Crippen LogP contribution in [0.2, 0.25) is 0 Å². The average Bonchev–Trinajstić information content (AvgIpc) is 2.19. The minimum absolute atomic E-state index is 0.102. The summed E-state index contributed by atoms with van der Waals surface area (Å²) in [6, 6.07) is 4.61. The molecule has 1 N–H and O–H groups in total. The number of hydrogen-bond donors (Lipinski definition) is 1. The Kier molecular flexibility index (Phi) is 3.38. The fourth-order valence-corrected chi connectivity index (χ4v) is 3.21. The average molecular weight is 318 g/mol. The zero-order valence-electron chi connectivity index (χ0n) is 9.23. The molecule has 0 aliphatic heterocycles. The maximum absolute atomic E-state index is 12.0. The van der Waals surface area contributed by atoms with E-state index in [0.29, 0.717) is 12.8 Å². The van der Waals surface area contributed by atoms with E-state index in [-0.39, 0.29) is 16.7 Å². The van der Waals surface area contributed by atoms with Crippen molar-refractivity contribution in [3.8, 4) is 0 Å². The molecule has 4 nitrogen and oxygen atoms in total. The Labute approximate surface area is 109 Å². The summed E-state index contributed by atoms with van der Waals surface area (Å²) in [4.78, 5) is 11.0. The number of carbonyl (C=O) groups is 1. The van der Waals surface area contributed by atoms with Crippen LogP contribution in [0.1, 0.15) is 18.4 Å². The van der Waals surface area contributed by atoms with E-state index in [1.54, 1.807) is 18.2 Å². The lowest BCUT2D eigenvalue weighted by molar-refractivity contribution is -0.124. The van der Waals surface area contributed by atoms with Gasteiger partial charge >= 0.3 is 0 Å². The first kappa shape index (κ1) is 12.7. The summed E-state index contributed by atoms with van der Waals surface area (Å²) in [6.07, 6.45) is 0.601. The van der Waals surface area contributed by atoms with Crippen molar-refractivity contribution in [1.82, 2.24) is 4.72 Å². The van der Waals surface area contributed by atoms with Crippen molar-refractivity contribution >= 4 is 31.7 Å². The number of rotatable bonds is 3. The first-order valence-corrected chi connectivity index (χ1v) is 7.46. The fraction of sp³-hybridized carbons (Fsp3) is 0.364. The highest BCUT2D eigenvalue weighted by Gasteiger charge is 2.30. The summed E-state index contributed by atoms with van der Waals surface area (Å²) in [5.74, 6) is 0.102. The number of nitrogens with one attached hydrogen (secondary N) is 1. The van der Waals surface area contributed by atoms with Crippen LogP contribution >= 0.6 is 15.9 Å². The van der Waals surface area contributed by atoms with Gasteiger partial charge in [-0.05, 0) is 30.7 Å². The molecule has 0 saturated heterocycles. The van der Waals surface area contributed by atoms with Crippen LogP contribution in [-0.4, -0.2) is 20.2 Å². The first-order valence-electron chi connectivity index (χ1n) is 5.19. The molecule has 0 amide bonds. The molecule has 0 bridgehead atoms. The number of benzene rings is 1. The summed E-state index contributed by atoms with van der Waals surface area (Å²) < 4.78 is 27.3. The zero-order chi connectivity index (χ0) is 12.6. The smallest absolute Gasteiger partial charge is 0.240 e. The Morgan fingerprint density at radius 2 is 2.00 bits per heavy atom. The number of halogens is 1. The number of sulfonamides is 1. The van der Waals surface area contributed by atoms with E-state index in [1.165, 1.54) is 0 Å². The number of ketones is 1.